The maximum atomic E-state index is 5.83. The van der Waals surface area contributed by atoms with Gasteiger partial charge in [-0.05, 0) is 37.6 Å². The molecule has 78 valence electrons. The molecule has 0 aromatic rings. The van der Waals surface area contributed by atoms with Crippen LogP contribution in [0.5, 0.6) is 0 Å². The van der Waals surface area contributed by atoms with Gasteiger partial charge in [-0.25, -0.2) is 0 Å². The molecule has 0 spiro atoms. The van der Waals surface area contributed by atoms with Crippen LogP contribution in [0.3, 0.4) is 0 Å². The lowest BCUT2D eigenvalue weighted by Crippen LogP contribution is -2.45. The van der Waals surface area contributed by atoms with E-state index in [2.05, 4.69) is 19.2 Å². The van der Waals surface area contributed by atoms with Gasteiger partial charge in [0, 0.05) is 12.6 Å². The van der Waals surface area contributed by atoms with Gasteiger partial charge in [0.25, 0.3) is 0 Å². The Balaban J connectivity index is 2.27. The normalized spacial score (nSPS) is 18.7. The summed E-state index contributed by atoms with van der Waals surface area (Å²) in [4.78, 5) is 0. The molecular formula is C11H24N2. The summed E-state index contributed by atoms with van der Waals surface area (Å²) in [6.07, 6.45) is 6.53. The molecule has 0 heterocycles. The molecule has 2 heteroatoms. The van der Waals surface area contributed by atoms with Crippen LogP contribution in [-0.2, 0) is 0 Å². The molecule has 3 N–H and O–H groups in total. The van der Waals surface area contributed by atoms with Gasteiger partial charge >= 0.3 is 0 Å². The zero-order chi connectivity index (χ0) is 9.73. The highest BCUT2D eigenvalue weighted by Gasteiger charge is 2.26. The molecule has 0 aromatic carbocycles. The van der Waals surface area contributed by atoms with Crippen molar-refractivity contribution in [3.8, 4) is 0 Å². The predicted octanol–water partition coefficient (Wildman–Crippen LogP) is 1.89. The average Bonchev–Trinajstić information content (AvgIpc) is 2.11. The second kappa shape index (κ2) is 4.97. The molecule has 0 aromatic heterocycles. The zero-order valence-corrected chi connectivity index (χ0v) is 9.10. The first-order valence-corrected chi connectivity index (χ1v) is 5.70. The molecule has 13 heavy (non-hydrogen) atoms. The molecule has 1 fully saturated rings. The third kappa shape index (κ3) is 2.68. The van der Waals surface area contributed by atoms with Crippen molar-refractivity contribution in [3.05, 3.63) is 0 Å². The van der Waals surface area contributed by atoms with E-state index in [0.717, 1.165) is 19.1 Å². The highest BCUT2D eigenvalue weighted by Crippen LogP contribution is 2.26. The molecule has 1 rings (SSSR count). The van der Waals surface area contributed by atoms with Crippen molar-refractivity contribution in [2.75, 3.05) is 13.1 Å². The van der Waals surface area contributed by atoms with E-state index in [4.69, 9.17) is 5.73 Å². The van der Waals surface area contributed by atoms with Gasteiger partial charge in [-0.3, -0.25) is 0 Å². The van der Waals surface area contributed by atoms with Crippen molar-refractivity contribution in [1.82, 2.24) is 5.32 Å². The van der Waals surface area contributed by atoms with E-state index >= 15 is 0 Å². The Bertz CT molecular complexity index is 129. The van der Waals surface area contributed by atoms with Crippen molar-refractivity contribution < 1.29 is 0 Å². The molecule has 0 saturated heterocycles. The lowest BCUT2D eigenvalue weighted by Gasteiger charge is -2.35. The molecule has 0 bridgehead atoms. The Kier molecular flexibility index (Phi) is 4.20. The Morgan fingerprint density at radius 3 is 2.23 bits per heavy atom. The lowest BCUT2D eigenvalue weighted by atomic mass is 9.81. The highest BCUT2D eigenvalue weighted by atomic mass is 14.9. The van der Waals surface area contributed by atoms with Crippen LogP contribution in [0.1, 0.15) is 46.0 Å². The van der Waals surface area contributed by atoms with Crippen LogP contribution in [0.2, 0.25) is 0 Å². The van der Waals surface area contributed by atoms with E-state index in [0.29, 0.717) is 5.41 Å². The van der Waals surface area contributed by atoms with Gasteiger partial charge in [-0.2, -0.15) is 0 Å². The van der Waals surface area contributed by atoms with Crippen LogP contribution < -0.4 is 11.1 Å². The summed E-state index contributed by atoms with van der Waals surface area (Å²) in [6, 6.07) is 0.795. The summed E-state index contributed by atoms with van der Waals surface area (Å²) in [5.41, 5.74) is 6.19. The van der Waals surface area contributed by atoms with Gasteiger partial charge in [0.1, 0.15) is 0 Å². The van der Waals surface area contributed by atoms with E-state index in [9.17, 15) is 0 Å². The number of hydrogen-bond acceptors (Lipinski definition) is 2. The number of nitrogens with two attached hydrogens (primary N) is 1. The van der Waals surface area contributed by atoms with E-state index in [-0.39, 0.29) is 0 Å². The smallest absolute Gasteiger partial charge is 0.00673 e. The Morgan fingerprint density at radius 1 is 1.31 bits per heavy atom. The van der Waals surface area contributed by atoms with Crippen molar-refractivity contribution in [2.24, 2.45) is 11.1 Å². The standard InChI is InChI=1S/C11H24N2/c1-3-11(4-2,8-12)9-13-10-6-5-7-10/h10,13H,3-9,12H2,1-2H3. The molecule has 1 aliphatic carbocycles. The molecule has 1 saturated carbocycles. The fourth-order valence-electron chi connectivity index (χ4n) is 1.83. The van der Waals surface area contributed by atoms with E-state index in [1.165, 1.54) is 32.1 Å². The largest absolute Gasteiger partial charge is 0.330 e. The number of hydrogen-bond donors (Lipinski definition) is 2. The SMILES string of the molecule is CCC(CC)(CN)CNC1CCC1. The molecule has 0 radical (unpaired) electrons. The molecule has 0 amide bonds. The van der Waals surface area contributed by atoms with E-state index < -0.39 is 0 Å². The Labute approximate surface area is 82.3 Å². The minimum atomic E-state index is 0.357. The zero-order valence-electron chi connectivity index (χ0n) is 9.10. The molecule has 2 nitrogen and oxygen atoms in total. The molecule has 0 atom stereocenters. The van der Waals surface area contributed by atoms with Crippen LogP contribution in [-0.4, -0.2) is 19.1 Å². The van der Waals surface area contributed by atoms with Crippen molar-refractivity contribution in [3.63, 3.8) is 0 Å². The summed E-state index contributed by atoms with van der Waals surface area (Å²) in [5.74, 6) is 0. The van der Waals surface area contributed by atoms with Gasteiger partial charge < -0.3 is 11.1 Å². The summed E-state index contributed by atoms with van der Waals surface area (Å²) < 4.78 is 0. The van der Waals surface area contributed by atoms with Gasteiger partial charge in [0.05, 0.1) is 0 Å². The maximum absolute atomic E-state index is 5.83. The lowest BCUT2D eigenvalue weighted by molar-refractivity contribution is 0.222. The van der Waals surface area contributed by atoms with Crippen LogP contribution in [0.4, 0.5) is 0 Å². The molecule has 0 unspecified atom stereocenters. The van der Waals surface area contributed by atoms with Gasteiger partial charge in [-0.1, -0.05) is 20.3 Å². The third-order valence-corrected chi connectivity index (χ3v) is 3.80. The first kappa shape index (κ1) is 11.0. The predicted molar refractivity (Wildman–Crippen MR) is 57.7 cm³/mol. The quantitative estimate of drug-likeness (QED) is 0.661. The maximum Gasteiger partial charge on any atom is 0.00673 e. The fourth-order valence-corrected chi connectivity index (χ4v) is 1.83. The second-order valence-corrected chi connectivity index (χ2v) is 4.42. The summed E-state index contributed by atoms with van der Waals surface area (Å²) >= 11 is 0. The highest BCUT2D eigenvalue weighted by molar-refractivity contribution is 4.84. The second-order valence-electron chi connectivity index (χ2n) is 4.42. The topological polar surface area (TPSA) is 38.0 Å². The Morgan fingerprint density at radius 2 is 1.92 bits per heavy atom. The van der Waals surface area contributed by atoms with Gasteiger partial charge in [0.15, 0.2) is 0 Å². The third-order valence-electron chi connectivity index (χ3n) is 3.80. The summed E-state index contributed by atoms with van der Waals surface area (Å²) in [5, 5.41) is 3.63. The van der Waals surface area contributed by atoms with Crippen LogP contribution in [0.25, 0.3) is 0 Å². The fraction of sp³-hybridized carbons (Fsp3) is 1.00. The van der Waals surface area contributed by atoms with Crippen molar-refractivity contribution in [1.29, 1.82) is 0 Å². The molecule has 0 aliphatic heterocycles. The van der Waals surface area contributed by atoms with Gasteiger partial charge in [-0.15, -0.1) is 0 Å². The first-order valence-electron chi connectivity index (χ1n) is 5.70. The van der Waals surface area contributed by atoms with Gasteiger partial charge in [0.2, 0.25) is 0 Å². The van der Waals surface area contributed by atoms with Crippen molar-refractivity contribution in [2.45, 2.75) is 52.0 Å². The van der Waals surface area contributed by atoms with E-state index in [1.807, 2.05) is 0 Å². The Hall–Kier alpha value is -0.0800. The first-order chi connectivity index (χ1) is 6.26. The molecular weight excluding hydrogens is 160 g/mol. The van der Waals surface area contributed by atoms with Crippen molar-refractivity contribution >= 4 is 0 Å². The monoisotopic (exact) mass is 184 g/mol. The number of rotatable bonds is 6. The van der Waals surface area contributed by atoms with Crippen LogP contribution >= 0.6 is 0 Å². The van der Waals surface area contributed by atoms with E-state index in [1.54, 1.807) is 0 Å². The van der Waals surface area contributed by atoms with Crippen LogP contribution in [0, 0.1) is 5.41 Å². The average molecular weight is 184 g/mol. The summed E-state index contributed by atoms with van der Waals surface area (Å²) in [7, 11) is 0. The summed E-state index contributed by atoms with van der Waals surface area (Å²) in [6.45, 7) is 6.43. The van der Waals surface area contributed by atoms with Crippen LogP contribution in [0.15, 0.2) is 0 Å². The minimum absolute atomic E-state index is 0.357. The molecule has 1 aliphatic rings. The minimum Gasteiger partial charge on any atom is -0.330 e. The number of nitrogens with one attached hydrogen (secondary N) is 1.